The summed E-state index contributed by atoms with van der Waals surface area (Å²) in [7, 11) is -8.90. The fourth-order valence-electron chi connectivity index (χ4n) is 4.86. The van der Waals surface area contributed by atoms with Gasteiger partial charge in [-0.3, -0.25) is 9.69 Å². The van der Waals surface area contributed by atoms with E-state index in [0.29, 0.717) is 10.7 Å². The van der Waals surface area contributed by atoms with Gasteiger partial charge in [-0.05, 0) is 50.1 Å². The van der Waals surface area contributed by atoms with E-state index in [9.17, 15) is 26.4 Å². The van der Waals surface area contributed by atoms with Gasteiger partial charge < -0.3 is 4.74 Å². The Bertz CT molecular complexity index is 1740. The van der Waals surface area contributed by atoms with Gasteiger partial charge in [-0.1, -0.05) is 72.6 Å². The molecule has 0 radical (unpaired) electrons. The predicted molar refractivity (Wildman–Crippen MR) is 150 cm³/mol. The first-order valence-electron chi connectivity index (χ1n) is 13.0. The maximum atomic E-state index is 14.1. The van der Waals surface area contributed by atoms with Crippen LogP contribution in [-0.2, 0) is 29.6 Å². The molecule has 0 bridgehead atoms. The van der Waals surface area contributed by atoms with Crippen LogP contribution in [0.25, 0.3) is 0 Å². The van der Waals surface area contributed by atoms with E-state index in [-0.39, 0.29) is 33.4 Å². The molecule has 1 N–H and O–H groups in total. The van der Waals surface area contributed by atoms with Crippen molar-refractivity contribution in [2.75, 3.05) is 6.61 Å². The first kappa shape index (κ1) is 28.4. The van der Waals surface area contributed by atoms with Crippen LogP contribution in [0.2, 0.25) is 0 Å². The molecule has 2 atom stereocenters. The first-order chi connectivity index (χ1) is 19.5. The Balaban J connectivity index is 1.71. The Morgan fingerprint density at radius 3 is 2.00 bits per heavy atom. The Labute approximate surface area is 239 Å². The number of amides is 3. The predicted octanol–water partition coefficient (Wildman–Crippen LogP) is 4.00. The van der Waals surface area contributed by atoms with Gasteiger partial charge in [0.05, 0.1) is 15.8 Å². The molecule has 0 aliphatic carbocycles. The SMILES string of the molecule is CC[C@@H]1COC2=C(C(=O)NS(=O)(=O)c3ccc(C)cc3)[C@@H](c3ccccc3)N(S(=O)(=O)c3ccc(C)cc3)C(=O)N21. The van der Waals surface area contributed by atoms with Crippen molar-refractivity contribution in [3.05, 3.63) is 107 Å². The summed E-state index contributed by atoms with van der Waals surface area (Å²) in [5.41, 5.74) is 1.62. The summed E-state index contributed by atoms with van der Waals surface area (Å²) in [4.78, 5) is 28.8. The average molecular weight is 596 g/mol. The van der Waals surface area contributed by atoms with Crippen LogP contribution in [0.5, 0.6) is 0 Å². The van der Waals surface area contributed by atoms with E-state index in [4.69, 9.17) is 4.74 Å². The summed E-state index contributed by atoms with van der Waals surface area (Å²) in [6.07, 6.45) is 0.403. The van der Waals surface area contributed by atoms with E-state index in [1.165, 1.54) is 24.3 Å². The van der Waals surface area contributed by atoms with Crippen molar-refractivity contribution in [3.8, 4) is 0 Å². The molecule has 5 rings (SSSR count). The summed E-state index contributed by atoms with van der Waals surface area (Å²) in [5, 5.41) is 0. The van der Waals surface area contributed by atoms with Crippen LogP contribution in [-0.4, -0.2) is 50.6 Å². The molecule has 10 nitrogen and oxygen atoms in total. The average Bonchev–Trinajstić information content (AvgIpc) is 3.38. The molecule has 1 fully saturated rings. The molecule has 3 aromatic carbocycles. The lowest BCUT2D eigenvalue weighted by Crippen LogP contribution is -2.55. The van der Waals surface area contributed by atoms with Gasteiger partial charge in [0.15, 0.2) is 0 Å². The second kappa shape index (κ2) is 10.7. The molecule has 0 saturated carbocycles. The molecule has 0 unspecified atom stereocenters. The van der Waals surface area contributed by atoms with Gasteiger partial charge in [0.2, 0.25) is 5.88 Å². The van der Waals surface area contributed by atoms with Crippen molar-refractivity contribution < 1.29 is 31.2 Å². The highest BCUT2D eigenvalue weighted by atomic mass is 32.2. The molecule has 0 aromatic heterocycles. The van der Waals surface area contributed by atoms with Crippen molar-refractivity contribution in [1.29, 1.82) is 0 Å². The third-order valence-corrected chi connectivity index (χ3v) is 10.2. The molecule has 2 aliphatic rings. The molecule has 0 spiro atoms. The van der Waals surface area contributed by atoms with Gasteiger partial charge in [-0.25, -0.2) is 30.7 Å². The second-order valence-corrected chi connectivity index (χ2v) is 13.4. The standard InChI is InChI=1S/C29H29N3O7S2/c1-4-22-18-39-28-25(27(33)30-40(35,36)23-14-10-19(2)11-15-23)26(21-8-6-5-7-9-21)32(29(34)31(22)28)41(37,38)24-16-12-20(3)13-17-24/h5-17,22,26H,4,18H2,1-3H3,(H,30,33)/t22-,26-/m1/s1. The number of fused-ring (bicyclic) bond motifs is 1. The minimum atomic E-state index is -4.54. The van der Waals surface area contributed by atoms with E-state index in [1.807, 2.05) is 0 Å². The number of aryl methyl sites for hydroxylation is 2. The van der Waals surface area contributed by atoms with Crippen LogP contribution >= 0.6 is 0 Å². The molecule has 2 aliphatic heterocycles. The van der Waals surface area contributed by atoms with Crippen LogP contribution in [0.3, 0.4) is 0 Å². The number of rotatable bonds is 7. The number of nitrogens with one attached hydrogen (secondary N) is 1. The zero-order valence-corrected chi connectivity index (χ0v) is 24.3. The summed E-state index contributed by atoms with van der Waals surface area (Å²) in [6.45, 7) is 5.41. The molecule has 41 heavy (non-hydrogen) atoms. The Morgan fingerprint density at radius 2 is 1.44 bits per heavy atom. The van der Waals surface area contributed by atoms with Gasteiger partial charge >= 0.3 is 6.03 Å². The summed E-state index contributed by atoms with van der Waals surface area (Å²) in [5.74, 6) is -1.27. The Morgan fingerprint density at radius 1 is 0.878 bits per heavy atom. The highest BCUT2D eigenvalue weighted by molar-refractivity contribution is 7.90. The number of sulfonamides is 2. The zero-order valence-electron chi connectivity index (χ0n) is 22.6. The number of carbonyl (C=O) groups is 2. The lowest BCUT2D eigenvalue weighted by atomic mass is 9.96. The molecule has 3 amide bonds. The molecular formula is C29H29N3O7S2. The minimum absolute atomic E-state index is 0.0129. The number of hydrogen-bond acceptors (Lipinski definition) is 7. The van der Waals surface area contributed by atoms with Crippen molar-refractivity contribution in [3.63, 3.8) is 0 Å². The van der Waals surface area contributed by atoms with Crippen molar-refractivity contribution >= 4 is 32.0 Å². The maximum absolute atomic E-state index is 14.1. The third kappa shape index (κ3) is 5.08. The molecule has 214 valence electrons. The number of nitrogens with zero attached hydrogens (tertiary/aromatic N) is 2. The zero-order chi connectivity index (χ0) is 29.5. The van der Waals surface area contributed by atoms with E-state index in [0.717, 1.165) is 16.0 Å². The van der Waals surface area contributed by atoms with E-state index in [1.54, 1.807) is 75.4 Å². The number of hydrogen-bond donors (Lipinski definition) is 1. The largest absolute Gasteiger partial charge is 0.476 e. The smallest absolute Gasteiger partial charge is 0.342 e. The summed E-state index contributed by atoms with van der Waals surface area (Å²) < 4.78 is 63.4. The fourth-order valence-corrected chi connectivity index (χ4v) is 7.34. The van der Waals surface area contributed by atoms with Crippen LogP contribution in [0.1, 0.15) is 36.1 Å². The lowest BCUT2D eigenvalue weighted by molar-refractivity contribution is -0.116. The normalized spacial score (nSPS) is 19.1. The molecule has 3 aromatic rings. The number of urea groups is 1. The van der Waals surface area contributed by atoms with Crippen molar-refractivity contribution in [2.24, 2.45) is 0 Å². The highest BCUT2D eigenvalue weighted by Crippen LogP contribution is 2.44. The van der Waals surface area contributed by atoms with Gasteiger partial charge in [0.25, 0.3) is 26.0 Å². The molecule has 12 heteroatoms. The van der Waals surface area contributed by atoms with E-state index in [2.05, 4.69) is 4.72 Å². The van der Waals surface area contributed by atoms with Gasteiger partial charge in [0.1, 0.15) is 18.2 Å². The van der Waals surface area contributed by atoms with Crippen LogP contribution in [0.15, 0.2) is 100 Å². The topological polar surface area (TPSA) is 130 Å². The van der Waals surface area contributed by atoms with E-state index < -0.39 is 44.1 Å². The highest BCUT2D eigenvalue weighted by Gasteiger charge is 2.53. The van der Waals surface area contributed by atoms with Crippen LogP contribution in [0, 0.1) is 13.8 Å². The monoisotopic (exact) mass is 595 g/mol. The fraction of sp³-hybridized carbons (Fsp3) is 0.241. The number of ether oxygens (including phenoxy) is 1. The van der Waals surface area contributed by atoms with Crippen LogP contribution in [0.4, 0.5) is 4.79 Å². The summed E-state index contributed by atoms with van der Waals surface area (Å²) in [6, 6.07) is 17.0. The van der Waals surface area contributed by atoms with Gasteiger partial charge in [-0.15, -0.1) is 0 Å². The first-order valence-corrected chi connectivity index (χ1v) is 15.9. The Hall–Kier alpha value is -4.16. The minimum Gasteiger partial charge on any atom is -0.476 e. The van der Waals surface area contributed by atoms with E-state index >= 15 is 0 Å². The van der Waals surface area contributed by atoms with Gasteiger partial charge in [-0.2, -0.15) is 0 Å². The molecule has 1 saturated heterocycles. The third-order valence-electron chi connectivity index (χ3n) is 7.10. The number of carbonyl (C=O) groups excluding carboxylic acids is 2. The second-order valence-electron chi connectivity index (χ2n) is 9.92. The van der Waals surface area contributed by atoms with Crippen molar-refractivity contribution in [2.45, 2.75) is 49.1 Å². The quantitative estimate of drug-likeness (QED) is 0.437. The van der Waals surface area contributed by atoms with Crippen molar-refractivity contribution in [1.82, 2.24) is 13.9 Å². The summed E-state index contributed by atoms with van der Waals surface area (Å²) >= 11 is 0. The molecular weight excluding hydrogens is 566 g/mol. The lowest BCUT2D eigenvalue weighted by Gasteiger charge is -2.40. The molecule has 2 heterocycles. The van der Waals surface area contributed by atoms with Crippen LogP contribution < -0.4 is 4.72 Å². The Kier molecular flexibility index (Phi) is 7.39. The number of benzene rings is 3. The van der Waals surface area contributed by atoms with Gasteiger partial charge in [0, 0.05) is 0 Å². The maximum Gasteiger partial charge on any atom is 0.342 e.